The van der Waals surface area contributed by atoms with E-state index < -0.39 is 0 Å². The lowest BCUT2D eigenvalue weighted by Crippen LogP contribution is -2.20. The maximum absolute atomic E-state index is 4.37. The molecule has 88 valence electrons. The molecular weight excluding hydrogens is 214 g/mol. The van der Waals surface area contributed by atoms with E-state index in [4.69, 9.17) is 0 Å². The molecule has 0 bridgehead atoms. The van der Waals surface area contributed by atoms with Crippen LogP contribution in [0.1, 0.15) is 18.2 Å². The van der Waals surface area contributed by atoms with Crippen molar-refractivity contribution >= 4 is 5.95 Å². The van der Waals surface area contributed by atoms with Crippen molar-refractivity contribution < 1.29 is 0 Å². The van der Waals surface area contributed by atoms with Gasteiger partial charge < -0.3 is 5.32 Å². The van der Waals surface area contributed by atoms with Gasteiger partial charge in [0.15, 0.2) is 0 Å². The molecule has 5 nitrogen and oxygen atoms in total. The first kappa shape index (κ1) is 11.4. The van der Waals surface area contributed by atoms with E-state index in [2.05, 4.69) is 45.2 Å². The standard InChI is InChI=1S/C12H15N5/c1-9-4-3-5-14-11(9)6-10(2)17-12-15-7-13-8-16-12/h3-5,7-8,10H,6H2,1-2H3,(H,13,15,16,17). The molecule has 1 unspecified atom stereocenters. The van der Waals surface area contributed by atoms with Crippen LogP contribution in [-0.4, -0.2) is 26.0 Å². The minimum absolute atomic E-state index is 0.228. The van der Waals surface area contributed by atoms with E-state index in [9.17, 15) is 0 Å². The van der Waals surface area contributed by atoms with Crippen LogP contribution >= 0.6 is 0 Å². The fourth-order valence-corrected chi connectivity index (χ4v) is 1.61. The molecule has 0 aromatic carbocycles. The molecule has 0 fully saturated rings. The average molecular weight is 229 g/mol. The van der Waals surface area contributed by atoms with E-state index in [0.717, 1.165) is 12.1 Å². The lowest BCUT2D eigenvalue weighted by molar-refractivity contribution is 0.752. The predicted octanol–water partition coefficient (Wildman–Crippen LogP) is 1.62. The normalized spacial score (nSPS) is 12.1. The quantitative estimate of drug-likeness (QED) is 0.863. The number of rotatable bonds is 4. The summed E-state index contributed by atoms with van der Waals surface area (Å²) in [7, 11) is 0. The van der Waals surface area contributed by atoms with Crippen molar-refractivity contribution in [2.45, 2.75) is 26.3 Å². The highest BCUT2D eigenvalue weighted by Crippen LogP contribution is 2.08. The maximum Gasteiger partial charge on any atom is 0.225 e. The van der Waals surface area contributed by atoms with Crippen molar-refractivity contribution in [1.82, 2.24) is 19.9 Å². The summed E-state index contributed by atoms with van der Waals surface area (Å²) in [5, 5.41) is 3.22. The van der Waals surface area contributed by atoms with Gasteiger partial charge in [0.2, 0.25) is 5.95 Å². The van der Waals surface area contributed by atoms with Gasteiger partial charge in [-0.2, -0.15) is 0 Å². The SMILES string of the molecule is Cc1cccnc1CC(C)Nc1ncncn1. The van der Waals surface area contributed by atoms with Crippen molar-refractivity contribution in [3.63, 3.8) is 0 Å². The molecule has 1 N–H and O–H groups in total. The van der Waals surface area contributed by atoms with E-state index in [-0.39, 0.29) is 6.04 Å². The molecule has 0 saturated carbocycles. The Morgan fingerprint density at radius 2 is 2.00 bits per heavy atom. The molecule has 0 aliphatic rings. The third-order valence-corrected chi connectivity index (χ3v) is 2.49. The van der Waals surface area contributed by atoms with Gasteiger partial charge in [0, 0.05) is 24.4 Å². The number of aryl methyl sites for hydroxylation is 1. The summed E-state index contributed by atoms with van der Waals surface area (Å²) in [4.78, 5) is 16.2. The van der Waals surface area contributed by atoms with Crippen LogP contribution in [0.5, 0.6) is 0 Å². The fourth-order valence-electron chi connectivity index (χ4n) is 1.61. The molecule has 17 heavy (non-hydrogen) atoms. The zero-order valence-corrected chi connectivity index (χ0v) is 9.96. The van der Waals surface area contributed by atoms with Crippen molar-refractivity contribution in [3.05, 3.63) is 42.2 Å². The maximum atomic E-state index is 4.37. The second kappa shape index (κ2) is 5.34. The molecule has 1 atom stereocenters. The van der Waals surface area contributed by atoms with Gasteiger partial charge in [-0.15, -0.1) is 0 Å². The molecule has 2 aromatic rings. The lowest BCUT2D eigenvalue weighted by atomic mass is 10.1. The molecule has 0 radical (unpaired) electrons. The second-order valence-electron chi connectivity index (χ2n) is 3.98. The van der Waals surface area contributed by atoms with Gasteiger partial charge in [0.1, 0.15) is 12.7 Å². The van der Waals surface area contributed by atoms with Crippen LogP contribution in [0.15, 0.2) is 31.0 Å². The first-order valence-corrected chi connectivity index (χ1v) is 5.54. The Labute approximate surface area is 100 Å². The predicted molar refractivity (Wildman–Crippen MR) is 65.6 cm³/mol. The number of nitrogens with one attached hydrogen (secondary N) is 1. The Morgan fingerprint density at radius 3 is 2.71 bits per heavy atom. The Kier molecular flexibility index (Phi) is 3.59. The number of aromatic nitrogens is 4. The largest absolute Gasteiger partial charge is 0.351 e. The van der Waals surface area contributed by atoms with Gasteiger partial charge in [-0.3, -0.25) is 4.98 Å². The first-order chi connectivity index (χ1) is 8.25. The summed E-state index contributed by atoms with van der Waals surface area (Å²) < 4.78 is 0. The summed E-state index contributed by atoms with van der Waals surface area (Å²) in [6.45, 7) is 4.15. The minimum atomic E-state index is 0.228. The molecule has 2 rings (SSSR count). The molecular formula is C12H15N5. The lowest BCUT2D eigenvalue weighted by Gasteiger charge is -2.13. The highest BCUT2D eigenvalue weighted by atomic mass is 15.1. The van der Waals surface area contributed by atoms with Gasteiger partial charge in [0.25, 0.3) is 0 Å². The van der Waals surface area contributed by atoms with Crippen LogP contribution in [-0.2, 0) is 6.42 Å². The van der Waals surface area contributed by atoms with E-state index in [1.807, 2.05) is 12.3 Å². The van der Waals surface area contributed by atoms with Gasteiger partial charge >= 0.3 is 0 Å². The minimum Gasteiger partial charge on any atom is -0.351 e. The third kappa shape index (κ3) is 3.21. The van der Waals surface area contributed by atoms with E-state index in [0.29, 0.717) is 5.95 Å². The zero-order valence-electron chi connectivity index (χ0n) is 9.96. The number of nitrogens with zero attached hydrogens (tertiary/aromatic N) is 4. The summed E-state index contributed by atoms with van der Waals surface area (Å²) in [5.41, 5.74) is 2.30. The zero-order chi connectivity index (χ0) is 12.1. The molecule has 0 spiro atoms. The van der Waals surface area contributed by atoms with E-state index in [1.54, 1.807) is 0 Å². The van der Waals surface area contributed by atoms with Crippen LogP contribution in [0.25, 0.3) is 0 Å². The molecule has 2 aromatic heterocycles. The third-order valence-electron chi connectivity index (χ3n) is 2.49. The van der Waals surface area contributed by atoms with Gasteiger partial charge in [-0.25, -0.2) is 15.0 Å². The Morgan fingerprint density at radius 1 is 1.24 bits per heavy atom. The molecule has 0 saturated heterocycles. The monoisotopic (exact) mass is 229 g/mol. The highest BCUT2D eigenvalue weighted by molar-refractivity contribution is 5.25. The summed E-state index contributed by atoms with van der Waals surface area (Å²) in [6.07, 6.45) is 5.62. The Bertz CT molecular complexity index is 471. The smallest absolute Gasteiger partial charge is 0.225 e. The molecule has 0 amide bonds. The van der Waals surface area contributed by atoms with Crippen LogP contribution in [0.3, 0.4) is 0 Å². The van der Waals surface area contributed by atoms with Crippen molar-refractivity contribution in [2.24, 2.45) is 0 Å². The van der Waals surface area contributed by atoms with Crippen molar-refractivity contribution in [2.75, 3.05) is 5.32 Å². The Hall–Kier alpha value is -2.04. The van der Waals surface area contributed by atoms with Crippen molar-refractivity contribution in [3.8, 4) is 0 Å². The molecule has 5 heteroatoms. The summed E-state index contributed by atoms with van der Waals surface area (Å²) in [5.74, 6) is 0.598. The fraction of sp³-hybridized carbons (Fsp3) is 0.333. The van der Waals surface area contributed by atoms with E-state index >= 15 is 0 Å². The number of hydrogen-bond acceptors (Lipinski definition) is 5. The van der Waals surface area contributed by atoms with Crippen LogP contribution in [0.4, 0.5) is 5.95 Å². The molecule has 0 aliphatic heterocycles. The highest BCUT2D eigenvalue weighted by Gasteiger charge is 2.07. The number of hydrogen-bond donors (Lipinski definition) is 1. The summed E-state index contributed by atoms with van der Waals surface area (Å²) in [6, 6.07) is 4.24. The van der Waals surface area contributed by atoms with Gasteiger partial charge in [0.05, 0.1) is 0 Å². The van der Waals surface area contributed by atoms with Crippen LogP contribution in [0, 0.1) is 6.92 Å². The van der Waals surface area contributed by atoms with Gasteiger partial charge in [-0.1, -0.05) is 6.07 Å². The van der Waals surface area contributed by atoms with Crippen LogP contribution in [0.2, 0.25) is 0 Å². The van der Waals surface area contributed by atoms with Gasteiger partial charge in [-0.05, 0) is 25.5 Å². The average Bonchev–Trinajstić information content (AvgIpc) is 2.33. The first-order valence-electron chi connectivity index (χ1n) is 5.54. The summed E-state index contributed by atoms with van der Waals surface area (Å²) >= 11 is 0. The second-order valence-corrected chi connectivity index (χ2v) is 3.98. The topological polar surface area (TPSA) is 63.6 Å². The molecule has 2 heterocycles. The van der Waals surface area contributed by atoms with E-state index in [1.165, 1.54) is 18.2 Å². The Balaban J connectivity index is 1.98. The molecule has 0 aliphatic carbocycles. The number of anilines is 1. The van der Waals surface area contributed by atoms with Crippen molar-refractivity contribution in [1.29, 1.82) is 0 Å². The number of pyridine rings is 1. The van der Waals surface area contributed by atoms with Crippen LogP contribution < -0.4 is 5.32 Å².